The zero-order valence-corrected chi connectivity index (χ0v) is 10.4. The van der Waals surface area contributed by atoms with Gasteiger partial charge in [-0.2, -0.15) is 0 Å². The Bertz CT molecular complexity index is 413. The third-order valence-electron chi connectivity index (χ3n) is 5.40. The van der Waals surface area contributed by atoms with Crippen molar-refractivity contribution in [2.75, 3.05) is 0 Å². The number of hydrogen-bond acceptors (Lipinski definition) is 1. The van der Waals surface area contributed by atoms with Crippen molar-refractivity contribution in [1.29, 1.82) is 0 Å². The summed E-state index contributed by atoms with van der Waals surface area (Å²) in [6, 6.07) is 0. The summed E-state index contributed by atoms with van der Waals surface area (Å²) < 4.78 is 0. The van der Waals surface area contributed by atoms with E-state index in [1.165, 1.54) is 12.0 Å². The van der Waals surface area contributed by atoms with Crippen LogP contribution in [0.15, 0.2) is 23.8 Å². The molecule has 0 aromatic carbocycles. The molecule has 16 heavy (non-hydrogen) atoms. The summed E-state index contributed by atoms with van der Waals surface area (Å²) in [5, 5.41) is 0. The largest absolute Gasteiger partial charge is 0.294 e. The number of hydrogen-bond donors (Lipinski definition) is 0. The van der Waals surface area contributed by atoms with Gasteiger partial charge in [0.1, 0.15) is 0 Å². The molecule has 0 aliphatic heterocycles. The van der Waals surface area contributed by atoms with Crippen molar-refractivity contribution in [2.24, 2.45) is 22.7 Å². The summed E-state index contributed by atoms with van der Waals surface area (Å²) in [5.74, 6) is 1.82. The molecule has 0 heterocycles. The van der Waals surface area contributed by atoms with Gasteiger partial charge in [0.05, 0.1) is 5.41 Å². The lowest BCUT2D eigenvalue weighted by Crippen LogP contribution is -2.34. The van der Waals surface area contributed by atoms with Crippen molar-refractivity contribution in [1.82, 2.24) is 0 Å². The first-order chi connectivity index (χ1) is 7.48. The maximum Gasteiger partial charge on any atom is 0.165 e. The Morgan fingerprint density at radius 3 is 2.88 bits per heavy atom. The SMILES string of the molecule is C[C@H]1CC[C@@]23C[C@@H]1C(C)(C)C2=CC=CC3=O. The van der Waals surface area contributed by atoms with E-state index in [4.69, 9.17) is 0 Å². The molecule has 1 heteroatoms. The van der Waals surface area contributed by atoms with Crippen LogP contribution in [-0.4, -0.2) is 5.78 Å². The van der Waals surface area contributed by atoms with E-state index in [0.717, 1.165) is 18.8 Å². The molecule has 2 bridgehead atoms. The molecule has 3 aliphatic rings. The van der Waals surface area contributed by atoms with Crippen LogP contribution in [0.3, 0.4) is 0 Å². The molecule has 0 unspecified atom stereocenters. The first-order valence-corrected chi connectivity index (χ1v) is 6.42. The van der Waals surface area contributed by atoms with Gasteiger partial charge >= 0.3 is 0 Å². The zero-order chi connectivity index (χ0) is 11.6. The standard InChI is InChI=1S/C15H20O/c1-10-7-8-15-9-11(10)14(2,3)12(15)5-4-6-13(15)16/h4-6,10-11H,7-9H2,1-3H3/t10-,11-,15+/m0/s1. The molecule has 3 rings (SSSR count). The van der Waals surface area contributed by atoms with Crippen molar-refractivity contribution < 1.29 is 4.79 Å². The van der Waals surface area contributed by atoms with Crippen LogP contribution in [-0.2, 0) is 4.79 Å². The van der Waals surface area contributed by atoms with Crippen LogP contribution in [0.5, 0.6) is 0 Å². The fourth-order valence-electron chi connectivity index (χ4n) is 4.50. The highest BCUT2D eigenvalue weighted by molar-refractivity contribution is 5.99. The third-order valence-corrected chi connectivity index (χ3v) is 5.40. The molecule has 0 aromatic rings. The number of fused-ring (bicyclic) bond motifs is 1. The van der Waals surface area contributed by atoms with Gasteiger partial charge in [-0.3, -0.25) is 4.79 Å². The summed E-state index contributed by atoms with van der Waals surface area (Å²) in [6.45, 7) is 7.02. The van der Waals surface area contributed by atoms with Gasteiger partial charge < -0.3 is 0 Å². The fraction of sp³-hybridized carbons (Fsp3) is 0.667. The molecule has 3 aliphatic carbocycles. The Kier molecular flexibility index (Phi) is 1.86. The van der Waals surface area contributed by atoms with E-state index in [1.807, 2.05) is 6.08 Å². The van der Waals surface area contributed by atoms with Crippen LogP contribution in [0.25, 0.3) is 0 Å². The molecule has 2 fully saturated rings. The minimum atomic E-state index is -0.102. The molecule has 2 saturated carbocycles. The Balaban J connectivity index is 2.18. The van der Waals surface area contributed by atoms with Crippen LogP contribution in [0.4, 0.5) is 0 Å². The molecular formula is C15H20O. The maximum atomic E-state index is 12.3. The normalized spacial score (nSPS) is 44.2. The van der Waals surface area contributed by atoms with Crippen LogP contribution in [0.2, 0.25) is 0 Å². The van der Waals surface area contributed by atoms with E-state index >= 15 is 0 Å². The van der Waals surface area contributed by atoms with E-state index in [2.05, 4.69) is 26.8 Å². The monoisotopic (exact) mass is 216 g/mol. The fourth-order valence-corrected chi connectivity index (χ4v) is 4.50. The summed E-state index contributed by atoms with van der Waals surface area (Å²) >= 11 is 0. The van der Waals surface area contributed by atoms with E-state index in [9.17, 15) is 4.79 Å². The topological polar surface area (TPSA) is 17.1 Å². The van der Waals surface area contributed by atoms with Crippen LogP contribution < -0.4 is 0 Å². The van der Waals surface area contributed by atoms with Crippen molar-refractivity contribution in [3.63, 3.8) is 0 Å². The van der Waals surface area contributed by atoms with Crippen molar-refractivity contribution in [3.05, 3.63) is 23.8 Å². The average Bonchev–Trinajstić information content (AvgIpc) is 2.43. The van der Waals surface area contributed by atoms with Gasteiger partial charge in [-0.25, -0.2) is 0 Å². The van der Waals surface area contributed by atoms with Gasteiger partial charge in [0, 0.05) is 0 Å². The lowest BCUT2D eigenvalue weighted by atomic mass is 9.67. The van der Waals surface area contributed by atoms with E-state index in [1.54, 1.807) is 6.08 Å². The minimum absolute atomic E-state index is 0.102. The second kappa shape index (κ2) is 2.88. The van der Waals surface area contributed by atoms with Crippen molar-refractivity contribution >= 4 is 5.78 Å². The Morgan fingerprint density at radius 1 is 1.38 bits per heavy atom. The number of rotatable bonds is 0. The van der Waals surface area contributed by atoms with Crippen LogP contribution >= 0.6 is 0 Å². The van der Waals surface area contributed by atoms with Crippen LogP contribution in [0, 0.1) is 22.7 Å². The molecule has 0 N–H and O–H groups in total. The second-order valence-corrected chi connectivity index (χ2v) is 6.43. The molecule has 1 nitrogen and oxygen atoms in total. The maximum absolute atomic E-state index is 12.3. The number of ketones is 1. The molecule has 0 saturated heterocycles. The lowest BCUT2D eigenvalue weighted by molar-refractivity contribution is -0.123. The molecule has 0 amide bonds. The molecule has 3 atom stereocenters. The Morgan fingerprint density at radius 2 is 2.12 bits per heavy atom. The first kappa shape index (κ1) is 10.3. The Labute approximate surface area is 97.6 Å². The quantitative estimate of drug-likeness (QED) is 0.605. The highest BCUT2D eigenvalue weighted by Gasteiger charge is 2.60. The number of allylic oxidation sites excluding steroid dienone is 4. The molecule has 86 valence electrons. The van der Waals surface area contributed by atoms with Gasteiger partial charge in [0.2, 0.25) is 0 Å². The number of carbonyl (C=O) groups excluding carboxylic acids is 1. The molecule has 1 spiro atoms. The van der Waals surface area contributed by atoms with Gasteiger partial charge in [-0.1, -0.05) is 38.5 Å². The average molecular weight is 216 g/mol. The zero-order valence-electron chi connectivity index (χ0n) is 10.4. The summed E-state index contributed by atoms with van der Waals surface area (Å²) in [6.07, 6.45) is 9.34. The van der Waals surface area contributed by atoms with Crippen molar-refractivity contribution in [3.8, 4) is 0 Å². The van der Waals surface area contributed by atoms with E-state index in [0.29, 0.717) is 11.7 Å². The van der Waals surface area contributed by atoms with Gasteiger partial charge in [-0.15, -0.1) is 0 Å². The summed E-state index contributed by atoms with van der Waals surface area (Å²) in [4.78, 5) is 12.3. The highest BCUT2D eigenvalue weighted by atomic mass is 16.1. The highest BCUT2D eigenvalue weighted by Crippen LogP contribution is 2.66. The lowest BCUT2D eigenvalue weighted by Gasteiger charge is -2.35. The minimum Gasteiger partial charge on any atom is -0.294 e. The molecule has 0 radical (unpaired) electrons. The second-order valence-electron chi connectivity index (χ2n) is 6.43. The number of carbonyl (C=O) groups is 1. The molecule has 0 aromatic heterocycles. The first-order valence-electron chi connectivity index (χ1n) is 6.42. The third kappa shape index (κ3) is 0.996. The van der Waals surface area contributed by atoms with Crippen LogP contribution in [0.1, 0.15) is 40.0 Å². The van der Waals surface area contributed by atoms with Gasteiger partial charge in [-0.05, 0) is 42.6 Å². The smallest absolute Gasteiger partial charge is 0.165 e. The predicted molar refractivity (Wildman–Crippen MR) is 64.9 cm³/mol. The van der Waals surface area contributed by atoms with E-state index < -0.39 is 0 Å². The van der Waals surface area contributed by atoms with E-state index in [-0.39, 0.29) is 10.8 Å². The van der Waals surface area contributed by atoms with Crippen molar-refractivity contribution in [2.45, 2.75) is 40.0 Å². The molecular weight excluding hydrogens is 196 g/mol. The van der Waals surface area contributed by atoms with Gasteiger partial charge in [0.15, 0.2) is 5.78 Å². The summed E-state index contributed by atoms with van der Waals surface area (Å²) in [5.41, 5.74) is 1.54. The summed E-state index contributed by atoms with van der Waals surface area (Å²) in [7, 11) is 0. The Hall–Kier alpha value is -0.850. The predicted octanol–water partition coefficient (Wildman–Crippen LogP) is 3.51. The van der Waals surface area contributed by atoms with Gasteiger partial charge in [0.25, 0.3) is 0 Å².